The first kappa shape index (κ1) is 16.6. The number of hydrogen-bond acceptors (Lipinski definition) is 4. The smallest absolute Gasteiger partial charge is 0.407 e. The van der Waals surface area contributed by atoms with Gasteiger partial charge in [-0.2, -0.15) is 0 Å². The lowest BCUT2D eigenvalue weighted by molar-refractivity contribution is 0.0405. The zero-order chi connectivity index (χ0) is 15.2. The monoisotopic (exact) mass is 298 g/mol. The molecule has 1 amide bonds. The average Bonchev–Trinajstić information content (AvgIpc) is 2.91. The average molecular weight is 298 g/mol. The van der Waals surface area contributed by atoms with E-state index in [2.05, 4.69) is 10.2 Å². The summed E-state index contributed by atoms with van der Waals surface area (Å²) in [5.74, 6) is 1.02. The molecule has 1 aliphatic heterocycles. The molecular formula is C16H30N2O3. The summed E-state index contributed by atoms with van der Waals surface area (Å²) in [5, 5.41) is 12.9. The lowest BCUT2D eigenvalue weighted by atomic mass is 9.89. The second-order valence-electron chi connectivity index (χ2n) is 6.67. The van der Waals surface area contributed by atoms with Gasteiger partial charge in [-0.15, -0.1) is 0 Å². The normalized spacial score (nSPS) is 29.3. The minimum atomic E-state index is -0.338. The number of alkyl carbamates (subject to hydrolysis) is 1. The number of nitrogens with zero attached hydrogens (tertiary/aromatic N) is 1. The van der Waals surface area contributed by atoms with Gasteiger partial charge >= 0.3 is 6.09 Å². The molecule has 0 spiro atoms. The third-order valence-electron chi connectivity index (χ3n) is 4.83. The largest absolute Gasteiger partial charge is 0.450 e. The molecule has 2 rings (SSSR count). The molecule has 0 radical (unpaired) electrons. The summed E-state index contributed by atoms with van der Waals surface area (Å²) in [5.41, 5.74) is 0. The predicted molar refractivity (Wildman–Crippen MR) is 82.1 cm³/mol. The second-order valence-corrected chi connectivity index (χ2v) is 6.67. The highest BCUT2D eigenvalue weighted by atomic mass is 16.5. The van der Waals surface area contributed by atoms with E-state index in [9.17, 15) is 9.90 Å². The summed E-state index contributed by atoms with van der Waals surface area (Å²) in [4.78, 5) is 14.0. The van der Waals surface area contributed by atoms with Crippen molar-refractivity contribution in [1.29, 1.82) is 0 Å². The van der Waals surface area contributed by atoms with Crippen LogP contribution < -0.4 is 5.32 Å². The third-order valence-corrected chi connectivity index (χ3v) is 4.83. The standard InChI is InChI=1S/C16H30N2O3/c1-3-21-16(20)17-15-8-14(12(2)19)10-18(11-15)9-13-6-4-5-7-13/h12-15,19H,3-11H2,1-2H3,(H,17,20). The summed E-state index contributed by atoms with van der Waals surface area (Å²) >= 11 is 0. The van der Waals surface area contributed by atoms with E-state index in [0.29, 0.717) is 6.61 Å². The fraction of sp³-hybridized carbons (Fsp3) is 0.938. The van der Waals surface area contributed by atoms with Crippen LogP contribution in [-0.4, -0.2) is 54.5 Å². The fourth-order valence-electron chi connectivity index (χ4n) is 3.73. The minimum absolute atomic E-state index is 0.0822. The Balaban J connectivity index is 1.89. The van der Waals surface area contributed by atoms with Crippen molar-refractivity contribution in [3.63, 3.8) is 0 Å². The molecule has 1 saturated heterocycles. The summed E-state index contributed by atoms with van der Waals surface area (Å²) in [6, 6.07) is 0.0822. The number of amides is 1. The van der Waals surface area contributed by atoms with E-state index >= 15 is 0 Å². The minimum Gasteiger partial charge on any atom is -0.450 e. The van der Waals surface area contributed by atoms with Gasteiger partial charge in [-0.05, 0) is 44.9 Å². The molecule has 0 aromatic rings. The number of carbonyl (C=O) groups excluding carboxylic acids is 1. The summed E-state index contributed by atoms with van der Waals surface area (Å²) < 4.78 is 4.98. The van der Waals surface area contributed by atoms with Crippen LogP contribution in [0.15, 0.2) is 0 Å². The maximum Gasteiger partial charge on any atom is 0.407 e. The third kappa shape index (κ3) is 5.15. The number of rotatable bonds is 5. The lowest BCUT2D eigenvalue weighted by Crippen LogP contribution is -2.53. The van der Waals surface area contributed by atoms with Crippen molar-refractivity contribution < 1.29 is 14.6 Å². The molecular weight excluding hydrogens is 268 g/mol. The maximum absolute atomic E-state index is 11.6. The van der Waals surface area contributed by atoms with E-state index in [4.69, 9.17) is 4.74 Å². The molecule has 1 aliphatic carbocycles. The Hall–Kier alpha value is -0.810. The Morgan fingerprint density at radius 2 is 2.10 bits per heavy atom. The maximum atomic E-state index is 11.6. The zero-order valence-electron chi connectivity index (χ0n) is 13.4. The Morgan fingerprint density at radius 3 is 2.71 bits per heavy atom. The summed E-state index contributed by atoms with van der Waals surface area (Å²) in [6.07, 6.45) is 5.51. The van der Waals surface area contributed by atoms with Crippen molar-refractivity contribution >= 4 is 6.09 Å². The van der Waals surface area contributed by atoms with Gasteiger partial charge in [0.1, 0.15) is 0 Å². The van der Waals surface area contributed by atoms with Gasteiger partial charge in [-0.3, -0.25) is 0 Å². The van der Waals surface area contributed by atoms with Gasteiger partial charge in [-0.1, -0.05) is 12.8 Å². The summed E-state index contributed by atoms with van der Waals surface area (Å²) in [7, 11) is 0. The quantitative estimate of drug-likeness (QED) is 0.815. The highest BCUT2D eigenvalue weighted by molar-refractivity contribution is 5.67. The predicted octanol–water partition coefficient (Wildman–Crippen LogP) is 1.99. The number of piperidine rings is 1. The van der Waals surface area contributed by atoms with Gasteiger partial charge in [0.15, 0.2) is 0 Å². The summed E-state index contributed by atoms with van der Waals surface area (Å²) in [6.45, 7) is 6.97. The molecule has 2 aliphatic rings. The highest BCUT2D eigenvalue weighted by Crippen LogP contribution is 2.28. The Labute approximate surface area is 128 Å². The molecule has 5 heteroatoms. The molecule has 5 nitrogen and oxygen atoms in total. The van der Waals surface area contributed by atoms with Gasteiger partial charge in [0.05, 0.1) is 12.7 Å². The molecule has 3 unspecified atom stereocenters. The number of aliphatic hydroxyl groups is 1. The number of likely N-dealkylation sites (tertiary alicyclic amines) is 1. The molecule has 21 heavy (non-hydrogen) atoms. The van der Waals surface area contributed by atoms with Crippen LogP contribution in [0.5, 0.6) is 0 Å². The van der Waals surface area contributed by atoms with Crippen LogP contribution in [0.3, 0.4) is 0 Å². The number of aliphatic hydroxyl groups excluding tert-OH is 1. The SMILES string of the molecule is CCOC(=O)NC1CC(C(C)O)CN(CC2CCCC2)C1. The molecule has 0 aromatic carbocycles. The second kappa shape index (κ2) is 7.99. The van der Waals surface area contributed by atoms with E-state index in [0.717, 1.165) is 32.0 Å². The van der Waals surface area contributed by atoms with Crippen LogP contribution in [0, 0.1) is 11.8 Å². The van der Waals surface area contributed by atoms with Crippen molar-refractivity contribution in [3.8, 4) is 0 Å². The van der Waals surface area contributed by atoms with Crippen LogP contribution in [-0.2, 0) is 4.74 Å². The molecule has 2 fully saturated rings. The first-order valence-corrected chi connectivity index (χ1v) is 8.42. The number of carbonyl (C=O) groups is 1. The lowest BCUT2D eigenvalue weighted by Gasteiger charge is -2.40. The van der Waals surface area contributed by atoms with Crippen LogP contribution in [0.25, 0.3) is 0 Å². The topological polar surface area (TPSA) is 61.8 Å². The van der Waals surface area contributed by atoms with E-state index in [1.54, 1.807) is 0 Å². The Morgan fingerprint density at radius 1 is 1.38 bits per heavy atom. The van der Waals surface area contributed by atoms with Crippen LogP contribution in [0.2, 0.25) is 0 Å². The van der Waals surface area contributed by atoms with Gasteiger partial charge in [0.2, 0.25) is 0 Å². The zero-order valence-corrected chi connectivity index (χ0v) is 13.4. The molecule has 1 heterocycles. The molecule has 3 atom stereocenters. The number of nitrogens with one attached hydrogen (secondary N) is 1. The van der Waals surface area contributed by atoms with Gasteiger partial charge in [-0.25, -0.2) is 4.79 Å². The van der Waals surface area contributed by atoms with E-state index < -0.39 is 0 Å². The van der Waals surface area contributed by atoms with Crippen LogP contribution in [0.4, 0.5) is 4.79 Å². The van der Waals surface area contributed by atoms with Crippen molar-refractivity contribution in [2.45, 2.75) is 58.1 Å². The van der Waals surface area contributed by atoms with Crippen molar-refractivity contribution in [2.24, 2.45) is 11.8 Å². The van der Waals surface area contributed by atoms with Crippen molar-refractivity contribution in [2.75, 3.05) is 26.2 Å². The van der Waals surface area contributed by atoms with Gasteiger partial charge in [0.25, 0.3) is 0 Å². The van der Waals surface area contributed by atoms with Crippen molar-refractivity contribution in [3.05, 3.63) is 0 Å². The fourth-order valence-corrected chi connectivity index (χ4v) is 3.73. The highest BCUT2D eigenvalue weighted by Gasteiger charge is 2.32. The molecule has 1 saturated carbocycles. The van der Waals surface area contributed by atoms with E-state index in [1.807, 2.05) is 13.8 Å². The van der Waals surface area contributed by atoms with Gasteiger partial charge < -0.3 is 20.1 Å². The van der Waals surface area contributed by atoms with Gasteiger partial charge in [0, 0.05) is 25.7 Å². The number of ether oxygens (including phenoxy) is 1. The first-order chi connectivity index (χ1) is 10.1. The van der Waals surface area contributed by atoms with E-state index in [1.165, 1.54) is 25.7 Å². The molecule has 0 bridgehead atoms. The Kier molecular flexibility index (Phi) is 6.30. The van der Waals surface area contributed by atoms with Crippen LogP contribution in [0.1, 0.15) is 46.0 Å². The molecule has 0 aromatic heterocycles. The number of hydrogen-bond donors (Lipinski definition) is 2. The molecule has 2 N–H and O–H groups in total. The van der Waals surface area contributed by atoms with E-state index in [-0.39, 0.29) is 24.2 Å². The molecule has 122 valence electrons. The Bertz CT molecular complexity index is 327. The van der Waals surface area contributed by atoms with Crippen LogP contribution >= 0.6 is 0 Å². The van der Waals surface area contributed by atoms with Crippen molar-refractivity contribution in [1.82, 2.24) is 10.2 Å². The first-order valence-electron chi connectivity index (χ1n) is 8.42.